The first-order valence-corrected chi connectivity index (χ1v) is 5.19. The van der Waals surface area contributed by atoms with Crippen LogP contribution in [0.3, 0.4) is 0 Å². The van der Waals surface area contributed by atoms with E-state index >= 15 is 0 Å². The summed E-state index contributed by atoms with van der Waals surface area (Å²) >= 11 is 0. The molecule has 1 aliphatic carbocycles. The second-order valence-electron chi connectivity index (χ2n) is 3.78. The standard InChI is InChI=1S/C10H14N2O3/c1-14-9(13)6-8-11-10(12-15-8)7-4-2-3-5-7/h7H,2-6H2,1H3. The van der Waals surface area contributed by atoms with Crippen LogP contribution in [0.1, 0.15) is 43.3 Å². The fourth-order valence-electron chi connectivity index (χ4n) is 1.89. The van der Waals surface area contributed by atoms with Crippen molar-refractivity contribution in [3.8, 4) is 0 Å². The molecule has 15 heavy (non-hydrogen) atoms. The number of rotatable bonds is 3. The Labute approximate surface area is 87.8 Å². The second kappa shape index (κ2) is 4.42. The molecule has 1 fully saturated rings. The van der Waals surface area contributed by atoms with Crippen LogP contribution in [0, 0.1) is 0 Å². The molecule has 5 nitrogen and oxygen atoms in total. The van der Waals surface area contributed by atoms with E-state index in [1.165, 1.54) is 20.0 Å². The first-order chi connectivity index (χ1) is 7.29. The zero-order chi connectivity index (χ0) is 10.7. The Bertz CT molecular complexity index is 342. The maximum absolute atomic E-state index is 11.0. The van der Waals surface area contributed by atoms with Crippen molar-refractivity contribution in [2.24, 2.45) is 0 Å². The highest BCUT2D eigenvalue weighted by atomic mass is 16.5. The third-order valence-corrected chi connectivity index (χ3v) is 2.73. The molecule has 0 atom stereocenters. The monoisotopic (exact) mass is 210 g/mol. The number of carbonyl (C=O) groups is 1. The van der Waals surface area contributed by atoms with Crippen LogP contribution < -0.4 is 0 Å². The van der Waals surface area contributed by atoms with Gasteiger partial charge >= 0.3 is 5.97 Å². The Morgan fingerprint density at radius 3 is 2.93 bits per heavy atom. The number of nitrogens with zero attached hydrogens (tertiary/aromatic N) is 2. The molecule has 1 heterocycles. The van der Waals surface area contributed by atoms with Gasteiger partial charge in [0.15, 0.2) is 5.82 Å². The molecule has 0 aliphatic heterocycles. The molecule has 0 saturated heterocycles. The number of ether oxygens (including phenoxy) is 1. The maximum atomic E-state index is 11.0. The lowest BCUT2D eigenvalue weighted by molar-refractivity contribution is -0.140. The van der Waals surface area contributed by atoms with Gasteiger partial charge in [0.25, 0.3) is 0 Å². The summed E-state index contributed by atoms with van der Waals surface area (Å²) in [7, 11) is 1.34. The average molecular weight is 210 g/mol. The molecule has 0 spiro atoms. The fourth-order valence-corrected chi connectivity index (χ4v) is 1.89. The summed E-state index contributed by atoms with van der Waals surface area (Å²) in [5.41, 5.74) is 0. The van der Waals surface area contributed by atoms with Gasteiger partial charge in [-0.1, -0.05) is 18.0 Å². The number of hydrogen-bond donors (Lipinski definition) is 0. The Morgan fingerprint density at radius 1 is 1.53 bits per heavy atom. The van der Waals surface area contributed by atoms with E-state index < -0.39 is 0 Å². The largest absolute Gasteiger partial charge is 0.469 e. The molecule has 0 unspecified atom stereocenters. The van der Waals surface area contributed by atoms with Gasteiger partial charge in [-0.3, -0.25) is 4.79 Å². The van der Waals surface area contributed by atoms with Gasteiger partial charge in [0, 0.05) is 5.92 Å². The molecule has 5 heteroatoms. The summed E-state index contributed by atoms with van der Waals surface area (Å²) < 4.78 is 9.51. The second-order valence-corrected chi connectivity index (χ2v) is 3.78. The van der Waals surface area contributed by atoms with Crippen molar-refractivity contribution in [1.29, 1.82) is 0 Å². The molecule has 0 aromatic carbocycles. The summed E-state index contributed by atoms with van der Waals surface area (Å²) in [6.45, 7) is 0. The summed E-state index contributed by atoms with van der Waals surface area (Å²) in [5, 5.41) is 3.89. The molecule has 82 valence electrons. The lowest BCUT2D eigenvalue weighted by atomic mass is 10.1. The predicted molar refractivity (Wildman–Crippen MR) is 51.2 cm³/mol. The predicted octanol–water partition coefficient (Wildman–Crippen LogP) is 1.44. The third kappa shape index (κ3) is 2.34. The number of aromatic nitrogens is 2. The van der Waals surface area contributed by atoms with E-state index in [0.29, 0.717) is 11.8 Å². The van der Waals surface area contributed by atoms with Gasteiger partial charge in [-0.15, -0.1) is 0 Å². The molecule has 0 N–H and O–H groups in total. The van der Waals surface area contributed by atoms with Gasteiger partial charge in [-0.2, -0.15) is 4.98 Å². The highest BCUT2D eigenvalue weighted by Crippen LogP contribution is 2.32. The van der Waals surface area contributed by atoms with Crippen LogP contribution in [0.5, 0.6) is 0 Å². The van der Waals surface area contributed by atoms with Crippen molar-refractivity contribution in [3.05, 3.63) is 11.7 Å². The van der Waals surface area contributed by atoms with E-state index in [1.807, 2.05) is 0 Å². The molecule has 2 rings (SSSR count). The molecule has 1 aromatic rings. The van der Waals surface area contributed by atoms with Gasteiger partial charge in [0.05, 0.1) is 7.11 Å². The Kier molecular flexibility index (Phi) is 2.99. The zero-order valence-corrected chi connectivity index (χ0v) is 8.73. The van der Waals surface area contributed by atoms with E-state index in [4.69, 9.17) is 4.52 Å². The van der Waals surface area contributed by atoms with Gasteiger partial charge in [-0.25, -0.2) is 0 Å². The maximum Gasteiger partial charge on any atom is 0.315 e. The topological polar surface area (TPSA) is 65.2 Å². The van der Waals surface area contributed by atoms with Crippen LogP contribution in [0.4, 0.5) is 0 Å². The quantitative estimate of drug-likeness (QED) is 0.706. The summed E-state index contributed by atoms with van der Waals surface area (Å²) in [4.78, 5) is 15.2. The SMILES string of the molecule is COC(=O)Cc1nc(C2CCCC2)no1. The fraction of sp³-hybridized carbons (Fsp3) is 0.700. The molecule has 0 radical (unpaired) electrons. The van der Waals surface area contributed by atoms with E-state index in [-0.39, 0.29) is 12.4 Å². The minimum Gasteiger partial charge on any atom is -0.469 e. The van der Waals surface area contributed by atoms with E-state index in [1.54, 1.807) is 0 Å². The lowest BCUT2D eigenvalue weighted by Crippen LogP contribution is -2.05. The minimum atomic E-state index is -0.350. The summed E-state index contributed by atoms with van der Waals surface area (Å²) in [5.74, 6) is 1.16. The Hall–Kier alpha value is -1.39. The summed E-state index contributed by atoms with van der Waals surface area (Å²) in [6.07, 6.45) is 4.77. The zero-order valence-electron chi connectivity index (χ0n) is 8.73. The molecular formula is C10H14N2O3. The number of esters is 1. The number of methoxy groups -OCH3 is 1. The Balaban J connectivity index is 2.00. The van der Waals surface area contributed by atoms with Crippen molar-refractivity contribution in [2.75, 3.05) is 7.11 Å². The molecular weight excluding hydrogens is 196 g/mol. The highest BCUT2D eigenvalue weighted by Gasteiger charge is 2.22. The van der Waals surface area contributed by atoms with Crippen LogP contribution in [0.15, 0.2) is 4.52 Å². The van der Waals surface area contributed by atoms with Crippen LogP contribution in [-0.4, -0.2) is 23.2 Å². The molecule has 0 amide bonds. The van der Waals surface area contributed by atoms with E-state index in [2.05, 4.69) is 14.9 Å². The average Bonchev–Trinajstić information content (AvgIpc) is 2.85. The summed E-state index contributed by atoms with van der Waals surface area (Å²) in [6, 6.07) is 0. The molecule has 1 saturated carbocycles. The van der Waals surface area contributed by atoms with Crippen molar-refractivity contribution < 1.29 is 14.1 Å². The first-order valence-electron chi connectivity index (χ1n) is 5.19. The van der Waals surface area contributed by atoms with Gasteiger partial charge in [0.1, 0.15) is 6.42 Å². The van der Waals surface area contributed by atoms with Crippen LogP contribution >= 0.6 is 0 Å². The molecule has 1 aromatic heterocycles. The van der Waals surface area contributed by atoms with Crippen LogP contribution in [0.2, 0.25) is 0 Å². The van der Waals surface area contributed by atoms with Crippen molar-refractivity contribution in [1.82, 2.24) is 10.1 Å². The lowest BCUT2D eigenvalue weighted by Gasteiger charge is -1.99. The minimum absolute atomic E-state index is 0.0657. The van der Waals surface area contributed by atoms with Crippen LogP contribution in [-0.2, 0) is 16.0 Å². The highest BCUT2D eigenvalue weighted by molar-refractivity contribution is 5.71. The van der Waals surface area contributed by atoms with Gasteiger partial charge in [0.2, 0.25) is 5.89 Å². The van der Waals surface area contributed by atoms with E-state index in [9.17, 15) is 4.79 Å². The van der Waals surface area contributed by atoms with Crippen molar-refractivity contribution in [3.63, 3.8) is 0 Å². The molecule has 0 bridgehead atoms. The van der Waals surface area contributed by atoms with Crippen molar-refractivity contribution >= 4 is 5.97 Å². The van der Waals surface area contributed by atoms with Gasteiger partial charge < -0.3 is 9.26 Å². The third-order valence-electron chi connectivity index (χ3n) is 2.73. The van der Waals surface area contributed by atoms with Gasteiger partial charge in [-0.05, 0) is 12.8 Å². The van der Waals surface area contributed by atoms with Crippen molar-refractivity contribution in [2.45, 2.75) is 38.0 Å². The van der Waals surface area contributed by atoms with Crippen LogP contribution in [0.25, 0.3) is 0 Å². The number of carbonyl (C=O) groups excluding carboxylic acids is 1. The Morgan fingerprint density at radius 2 is 2.27 bits per heavy atom. The number of hydrogen-bond acceptors (Lipinski definition) is 5. The normalized spacial score (nSPS) is 16.9. The first kappa shape index (κ1) is 10.1. The smallest absolute Gasteiger partial charge is 0.315 e. The molecule has 1 aliphatic rings. The van der Waals surface area contributed by atoms with E-state index in [0.717, 1.165) is 18.7 Å².